The summed E-state index contributed by atoms with van der Waals surface area (Å²) in [6, 6.07) is 0. The van der Waals surface area contributed by atoms with Crippen LogP contribution in [0.1, 0.15) is 0 Å². The first-order valence-electron chi connectivity index (χ1n) is 4.26. The summed E-state index contributed by atoms with van der Waals surface area (Å²) in [5.41, 5.74) is 0. The first kappa shape index (κ1) is 14.0. The summed E-state index contributed by atoms with van der Waals surface area (Å²) in [7, 11) is -5.51. The molecular formula is C6H11O9P-2. The number of rotatable bonds is 2. The third kappa shape index (κ3) is 2.77. The van der Waals surface area contributed by atoms with Gasteiger partial charge in [0.15, 0.2) is 0 Å². The SMILES string of the molecule is O=P([O-])([O-])OC1C(O)[C@@H](O)C(O)C(O)[C@H]1O. The summed E-state index contributed by atoms with van der Waals surface area (Å²) in [6.45, 7) is 0. The van der Waals surface area contributed by atoms with Crippen LogP contribution in [0.15, 0.2) is 0 Å². The van der Waals surface area contributed by atoms with E-state index in [0.29, 0.717) is 0 Å². The Morgan fingerprint density at radius 2 is 1.12 bits per heavy atom. The predicted octanol–water partition coefficient (Wildman–Crippen LogP) is -4.98. The van der Waals surface area contributed by atoms with Crippen molar-refractivity contribution in [1.29, 1.82) is 0 Å². The van der Waals surface area contributed by atoms with Gasteiger partial charge in [0.1, 0.15) is 36.6 Å². The molecule has 10 heteroatoms. The van der Waals surface area contributed by atoms with Gasteiger partial charge in [-0.2, -0.15) is 0 Å². The minimum absolute atomic E-state index is 1.87. The van der Waals surface area contributed by atoms with E-state index in [9.17, 15) is 24.6 Å². The Labute approximate surface area is 89.8 Å². The highest BCUT2D eigenvalue weighted by molar-refractivity contribution is 7.43. The van der Waals surface area contributed by atoms with Gasteiger partial charge in [-0.25, -0.2) is 0 Å². The van der Waals surface area contributed by atoms with Crippen LogP contribution in [0.25, 0.3) is 0 Å². The van der Waals surface area contributed by atoms with Gasteiger partial charge in [0.2, 0.25) is 0 Å². The lowest BCUT2D eigenvalue weighted by atomic mass is 9.85. The van der Waals surface area contributed by atoms with Crippen LogP contribution in [0.3, 0.4) is 0 Å². The lowest BCUT2D eigenvalue weighted by Gasteiger charge is -2.45. The summed E-state index contributed by atoms with van der Waals surface area (Å²) in [5, 5.41) is 45.9. The first-order valence-corrected chi connectivity index (χ1v) is 5.72. The van der Waals surface area contributed by atoms with E-state index in [-0.39, 0.29) is 0 Å². The maximum atomic E-state index is 10.3. The average molecular weight is 258 g/mol. The van der Waals surface area contributed by atoms with Crippen LogP contribution in [0.4, 0.5) is 0 Å². The van der Waals surface area contributed by atoms with Crippen molar-refractivity contribution < 1.29 is 44.4 Å². The molecule has 1 rings (SSSR count). The fourth-order valence-corrected chi connectivity index (χ4v) is 2.02. The predicted molar refractivity (Wildman–Crippen MR) is 42.5 cm³/mol. The molecule has 0 aromatic rings. The highest BCUT2D eigenvalue weighted by Crippen LogP contribution is 2.34. The van der Waals surface area contributed by atoms with E-state index in [1.807, 2.05) is 0 Å². The third-order valence-corrected chi connectivity index (χ3v) is 2.83. The fourth-order valence-electron chi connectivity index (χ4n) is 1.47. The highest BCUT2D eigenvalue weighted by Gasteiger charge is 2.49. The Kier molecular flexibility index (Phi) is 4.06. The Hall–Kier alpha value is -0.0900. The molecule has 16 heavy (non-hydrogen) atoms. The Bertz CT molecular complexity index is 274. The van der Waals surface area contributed by atoms with E-state index in [2.05, 4.69) is 4.52 Å². The summed E-state index contributed by atoms with van der Waals surface area (Å²) in [4.78, 5) is 20.6. The molecule has 1 saturated carbocycles. The molecule has 0 radical (unpaired) electrons. The van der Waals surface area contributed by atoms with Crippen molar-refractivity contribution in [2.45, 2.75) is 36.6 Å². The molecule has 0 aliphatic heterocycles. The zero-order chi connectivity index (χ0) is 12.7. The van der Waals surface area contributed by atoms with Crippen molar-refractivity contribution in [2.75, 3.05) is 0 Å². The zero-order valence-corrected chi connectivity index (χ0v) is 8.67. The van der Waals surface area contributed by atoms with E-state index >= 15 is 0 Å². The number of phosphoric acid groups is 1. The van der Waals surface area contributed by atoms with Crippen LogP contribution in [0.5, 0.6) is 0 Å². The molecule has 0 spiro atoms. The minimum Gasteiger partial charge on any atom is -0.790 e. The van der Waals surface area contributed by atoms with Crippen molar-refractivity contribution in [3.05, 3.63) is 0 Å². The number of hydrogen-bond donors (Lipinski definition) is 5. The maximum absolute atomic E-state index is 10.3. The van der Waals surface area contributed by atoms with Gasteiger partial charge in [0.25, 0.3) is 0 Å². The summed E-state index contributed by atoms with van der Waals surface area (Å²) < 4.78 is 14.1. The summed E-state index contributed by atoms with van der Waals surface area (Å²) in [6.07, 6.45) is -11.8. The van der Waals surface area contributed by atoms with E-state index in [1.54, 1.807) is 0 Å². The maximum Gasteiger partial charge on any atom is 0.120 e. The molecule has 1 aliphatic rings. The smallest absolute Gasteiger partial charge is 0.120 e. The van der Waals surface area contributed by atoms with Gasteiger partial charge in [0.05, 0.1) is 7.82 Å². The first-order chi connectivity index (χ1) is 7.15. The van der Waals surface area contributed by atoms with Gasteiger partial charge in [-0.15, -0.1) is 0 Å². The van der Waals surface area contributed by atoms with Crippen molar-refractivity contribution in [1.82, 2.24) is 0 Å². The molecule has 0 saturated heterocycles. The van der Waals surface area contributed by atoms with Crippen molar-refractivity contribution in [3.8, 4) is 0 Å². The molecule has 0 amide bonds. The molecule has 6 atom stereocenters. The van der Waals surface area contributed by atoms with Crippen LogP contribution in [0, 0.1) is 0 Å². The second-order valence-corrected chi connectivity index (χ2v) is 4.58. The van der Waals surface area contributed by atoms with Gasteiger partial charge in [-0.1, -0.05) is 0 Å². The average Bonchev–Trinajstić information content (AvgIpc) is 2.17. The molecule has 0 aromatic heterocycles. The minimum atomic E-state index is -5.51. The molecule has 1 aliphatic carbocycles. The highest BCUT2D eigenvalue weighted by atomic mass is 31.2. The van der Waals surface area contributed by atoms with Crippen LogP contribution >= 0.6 is 7.82 Å². The molecule has 0 bridgehead atoms. The van der Waals surface area contributed by atoms with Crippen molar-refractivity contribution >= 4 is 7.82 Å². The van der Waals surface area contributed by atoms with Gasteiger partial charge in [0, 0.05) is 0 Å². The monoisotopic (exact) mass is 258 g/mol. The van der Waals surface area contributed by atoms with Crippen LogP contribution in [0.2, 0.25) is 0 Å². The summed E-state index contributed by atoms with van der Waals surface area (Å²) in [5.74, 6) is 0. The largest absolute Gasteiger partial charge is 0.790 e. The van der Waals surface area contributed by atoms with Gasteiger partial charge in [-0.05, 0) is 0 Å². The van der Waals surface area contributed by atoms with Crippen LogP contribution in [-0.2, 0) is 9.09 Å². The van der Waals surface area contributed by atoms with Crippen molar-refractivity contribution in [3.63, 3.8) is 0 Å². The molecule has 0 heterocycles. The van der Waals surface area contributed by atoms with E-state index in [4.69, 9.17) is 15.3 Å². The summed E-state index contributed by atoms with van der Waals surface area (Å²) >= 11 is 0. The van der Waals surface area contributed by atoms with Crippen LogP contribution in [-0.4, -0.2) is 62.2 Å². The molecular weight excluding hydrogens is 247 g/mol. The second kappa shape index (κ2) is 4.65. The molecule has 96 valence electrons. The zero-order valence-electron chi connectivity index (χ0n) is 7.78. The number of aliphatic hydroxyl groups excluding tert-OH is 5. The van der Waals surface area contributed by atoms with Crippen LogP contribution < -0.4 is 9.79 Å². The normalized spacial score (nSPS) is 45.7. The van der Waals surface area contributed by atoms with Gasteiger partial charge >= 0.3 is 0 Å². The standard InChI is InChI=1S/C6H13O9P/c7-1-2(8)4(10)6(5(11)3(1)9)15-16(12,13)14/h1-11H,(H2,12,13,14)/p-2/t1?,2-,3?,4?,5+,6?/m0/s1. The quantitative estimate of drug-likeness (QED) is 0.304. The lowest BCUT2D eigenvalue weighted by Crippen LogP contribution is -2.64. The Morgan fingerprint density at radius 1 is 0.812 bits per heavy atom. The molecule has 9 nitrogen and oxygen atoms in total. The molecule has 4 unspecified atom stereocenters. The topological polar surface area (TPSA) is 174 Å². The molecule has 0 aromatic carbocycles. The van der Waals surface area contributed by atoms with E-state index < -0.39 is 44.4 Å². The number of aliphatic hydroxyl groups is 5. The van der Waals surface area contributed by atoms with E-state index in [1.165, 1.54) is 0 Å². The Morgan fingerprint density at radius 3 is 1.44 bits per heavy atom. The fraction of sp³-hybridized carbons (Fsp3) is 1.00. The number of hydrogen-bond acceptors (Lipinski definition) is 9. The second-order valence-electron chi connectivity index (χ2n) is 3.47. The molecule has 1 fully saturated rings. The lowest BCUT2D eigenvalue weighted by molar-refractivity contribution is -0.353. The van der Waals surface area contributed by atoms with E-state index in [0.717, 1.165) is 0 Å². The Balaban J connectivity index is 2.87. The molecule has 5 N–H and O–H groups in total. The van der Waals surface area contributed by atoms with Crippen molar-refractivity contribution in [2.24, 2.45) is 0 Å². The third-order valence-electron chi connectivity index (χ3n) is 2.32. The van der Waals surface area contributed by atoms with Gasteiger partial charge < -0.3 is 44.4 Å². The van der Waals surface area contributed by atoms with Gasteiger partial charge in [-0.3, -0.25) is 0 Å². The number of phosphoric ester groups is 1.